The topological polar surface area (TPSA) is 57.7 Å². The minimum Gasteiger partial charge on any atom is -0.378 e. The molecule has 1 aliphatic heterocycles. The van der Waals surface area contributed by atoms with Crippen LogP contribution in [0, 0.1) is 0 Å². The third-order valence-corrected chi connectivity index (χ3v) is 5.23. The molecule has 1 N–H and O–H groups in total. The van der Waals surface area contributed by atoms with Crippen LogP contribution >= 0.6 is 0 Å². The highest BCUT2D eigenvalue weighted by atomic mass is 16.5. The van der Waals surface area contributed by atoms with Gasteiger partial charge < -0.3 is 19.9 Å². The van der Waals surface area contributed by atoms with E-state index in [4.69, 9.17) is 4.74 Å². The van der Waals surface area contributed by atoms with Crippen LogP contribution in [0.3, 0.4) is 0 Å². The average Bonchev–Trinajstić information content (AvgIpc) is 3.30. The average molecular weight is 330 g/mol. The van der Waals surface area contributed by atoms with Crippen LogP contribution in [0.2, 0.25) is 0 Å². The van der Waals surface area contributed by atoms with E-state index in [9.17, 15) is 4.79 Å². The van der Waals surface area contributed by atoms with Crippen molar-refractivity contribution >= 4 is 17.5 Å². The number of carbonyl (C=O) groups is 1. The van der Waals surface area contributed by atoms with Gasteiger partial charge in [-0.1, -0.05) is 12.8 Å². The van der Waals surface area contributed by atoms with Crippen LogP contribution in [0.4, 0.5) is 16.3 Å². The molecule has 6 heteroatoms. The second-order valence-corrected chi connectivity index (χ2v) is 7.01. The number of carbonyl (C=O) groups excluding carboxylic acids is 1. The number of nitrogens with zero attached hydrogens (tertiary/aromatic N) is 3. The quantitative estimate of drug-likeness (QED) is 0.922. The summed E-state index contributed by atoms with van der Waals surface area (Å²) in [7, 11) is 0. The lowest BCUT2D eigenvalue weighted by atomic mass is 10.2. The Kier molecular flexibility index (Phi) is 4.56. The normalized spacial score (nSPS) is 21.8. The number of morpholine rings is 1. The highest BCUT2D eigenvalue weighted by Crippen LogP contribution is 2.34. The Morgan fingerprint density at radius 1 is 1.12 bits per heavy atom. The number of hydrogen-bond acceptors (Lipinski definition) is 4. The number of amides is 2. The molecular formula is C18H26N4O2. The molecule has 0 unspecified atom stereocenters. The molecule has 1 aromatic heterocycles. The summed E-state index contributed by atoms with van der Waals surface area (Å²) in [5.41, 5.74) is 0.778. The highest BCUT2D eigenvalue weighted by molar-refractivity contribution is 5.90. The molecule has 0 radical (unpaired) electrons. The van der Waals surface area contributed by atoms with E-state index < -0.39 is 0 Å². The first kappa shape index (κ1) is 15.7. The van der Waals surface area contributed by atoms with Gasteiger partial charge in [0.25, 0.3) is 0 Å². The highest BCUT2D eigenvalue weighted by Gasteiger charge is 2.38. The molecule has 3 fully saturated rings. The standard InChI is InChI=1S/C18H26N4O2/c23-18(22(16-6-7-16)15-3-1-2-4-15)20-14-5-8-17(19-13-14)21-9-11-24-12-10-21/h5,8,13,15-16H,1-4,6-7,9-12H2,(H,20,23). The zero-order valence-corrected chi connectivity index (χ0v) is 14.1. The van der Waals surface area contributed by atoms with E-state index in [1.807, 2.05) is 12.1 Å². The molecule has 2 amide bonds. The summed E-state index contributed by atoms with van der Waals surface area (Å²) in [5.74, 6) is 0.950. The molecule has 0 aromatic carbocycles. The van der Waals surface area contributed by atoms with Gasteiger partial charge in [-0.15, -0.1) is 0 Å². The molecule has 6 nitrogen and oxygen atoms in total. The van der Waals surface area contributed by atoms with Crippen molar-refractivity contribution in [2.75, 3.05) is 36.5 Å². The second-order valence-electron chi connectivity index (χ2n) is 7.01. The fourth-order valence-corrected chi connectivity index (χ4v) is 3.79. The minimum atomic E-state index is 0.0466. The van der Waals surface area contributed by atoms with Gasteiger partial charge in [0, 0.05) is 25.2 Å². The van der Waals surface area contributed by atoms with Crippen molar-refractivity contribution in [3.8, 4) is 0 Å². The van der Waals surface area contributed by atoms with Gasteiger partial charge >= 0.3 is 6.03 Å². The predicted molar refractivity (Wildman–Crippen MR) is 93.4 cm³/mol. The van der Waals surface area contributed by atoms with Crippen molar-refractivity contribution in [3.63, 3.8) is 0 Å². The van der Waals surface area contributed by atoms with Crippen molar-refractivity contribution in [3.05, 3.63) is 18.3 Å². The molecule has 130 valence electrons. The lowest BCUT2D eigenvalue weighted by Gasteiger charge is -2.29. The smallest absolute Gasteiger partial charge is 0.322 e. The van der Waals surface area contributed by atoms with Crippen molar-refractivity contribution in [1.82, 2.24) is 9.88 Å². The zero-order chi connectivity index (χ0) is 16.4. The molecule has 2 heterocycles. The lowest BCUT2D eigenvalue weighted by Crippen LogP contribution is -2.43. The van der Waals surface area contributed by atoms with Crippen LogP contribution in [-0.2, 0) is 4.74 Å². The maximum Gasteiger partial charge on any atom is 0.322 e. The van der Waals surface area contributed by atoms with Gasteiger partial charge in [0.2, 0.25) is 0 Å². The van der Waals surface area contributed by atoms with Crippen molar-refractivity contribution < 1.29 is 9.53 Å². The van der Waals surface area contributed by atoms with E-state index in [1.54, 1.807) is 6.20 Å². The van der Waals surface area contributed by atoms with Crippen LogP contribution in [0.25, 0.3) is 0 Å². The Balaban J connectivity index is 1.39. The summed E-state index contributed by atoms with van der Waals surface area (Å²) in [5, 5.41) is 3.05. The number of nitrogens with one attached hydrogen (secondary N) is 1. The van der Waals surface area contributed by atoms with E-state index >= 15 is 0 Å². The fraction of sp³-hybridized carbons (Fsp3) is 0.667. The molecule has 24 heavy (non-hydrogen) atoms. The SMILES string of the molecule is O=C(Nc1ccc(N2CCOCC2)nc1)N(C1CCCC1)C1CC1. The van der Waals surface area contributed by atoms with Gasteiger partial charge in [-0.05, 0) is 37.8 Å². The molecule has 0 spiro atoms. The summed E-state index contributed by atoms with van der Waals surface area (Å²) in [6.45, 7) is 3.24. The van der Waals surface area contributed by atoms with Crippen molar-refractivity contribution in [2.45, 2.75) is 50.6 Å². The van der Waals surface area contributed by atoms with Gasteiger partial charge in [-0.25, -0.2) is 9.78 Å². The Bertz CT molecular complexity index is 561. The number of pyridine rings is 1. The van der Waals surface area contributed by atoms with E-state index in [1.165, 1.54) is 12.8 Å². The first-order valence-corrected chi connectivity index (χ1v) is 9.19. The predicted octanol–water partition coefficient (Wildman–Crippen LogP) is 2.86. The Morgan fingerprint density at radius 3 is 2.46 bits per heavy atom. The molecule has 1 saturated heterocycles. The van der Waals surface area contributed by atoms with E-state index in [0.717, 1.165) is 63.5 Å². The number of urea groups is 1. The largest absolute Gasteiger partial charge is 0.378 e. The van der Waals surface area contributed by atoms with E-state index in [0.29, 0.717) is 12.1 Å². The maximum absolute atomic E-state index is 12.7. The summed E-state index contributed by atoms with van der Waals surface area (Å²) in [6.07, 6.45) is 8.86. The molecule has 0 bridgehead atoms. The molecule has 0 atom stereocenters. The van der Waals surface area contributed by atoms with Crippen LogP contribution in [0.1, 0.15) is 38.5 Å². The van der Waals surface area contributed by atoms with Crippen molar-refractivity contribution in [1.29, 1.82) is 0 Å². The Hall–Kier alpha value is -1.82. The van der Waals surface area contributed by atoms with Crippen LogP contribution in [-0.4, -0.2) is 54.3 Å². The number of hydrogen-bond donors (Lipinski definition) is 1. The Morgan fingerprint density at radius 2 is 1.83 bits per heavy atom. The summed E-state index contributed by atoms with van der Waals surface area (Å²) >= 11 is 0. The number of aromatic nitrogens is 1. The molecule has 2 saturated carbocycles. The third-order valence-electron chi connectivity index (χ3n) is 5.23. The van der Waals surface area contributed by atoms with Gasteiger partial charge in [0.15, 0.2) is 0 Å². The molecule has 4 rings (SSSR count). The first-order valence-electron chi connectivity index (χ1n) is 9.19. The van der Waals surface area contributed by atoms with E-state index in [-0.39, 0.29) is 6.03 Å². The first-order chi connectivity index (χ1) is 11.8. The fourth-order valence-electron chi connectivity index (χ4n) is 3.79. The third kappa shape index (κ3) is 3.48. The second kappa shape index (κ2) is 6.97. The van der Waals surface area contributed by atoms with Gasteiger partial charge in [-0.3, -0.25) is 0 Å². The lowest BCUT2D eigenvalue weighted by molar-refractivity contribution is 0.122. The number of rotatable bonds is 4. The summed E-state index contributed by atoms with van der Waals surface area (Å²) < 4.78 is 5.37. The zero-order valence-electron chi connectivity index (χ0n) is 14.1. The van der Waals surface area contributed by atoms with Gasteiger partial charge in [0.05, 0.1) is 25.1 Å². The summed E-state index contributed by atoms with van der Waals surface area (Å²) in [4.78, 5) is 21.6. The van der Waals surface area contributed by atoms with Gasteiger partial charge in [0.1, 0.15) is 5.82 Å². The summed E-state index contributed by atoms with van der Waals surface area (Å²) in [6, 6.07) is 4.87. The Labute approximate surface area is 143 Å². The maximum atomic E-state index is 12.7. The van der Waals surface area contributed by atoms with E-state index in [2.05, 4.69) is 20.1 Å². The number of ether oxygens (including phenoxy) is 1. The molecule has 1 aromatic rings. The van der Waals surface area contributed by atoms with Gasteiger partial charge in [-0.2, -0.15) is 0 Å². The number of anilines is 2. The van der Waals surface area contributed by atoms with Crippen molar-refractivity contribution in [2.24, 2.45) is 0 Å². The van der Waals surface area contributed by atoms with Crippen LogP contribution < -0.4 is 10.2 Å². The molecule has 2 aliphatic carbocycles. The monoisotopic (exact) mass is 330 g/mol. The molecular weight excluding hydrogens is 304 g/mol. The molecule has 3 aliphatic rings. The minimum absolute atomic E-state index is 0.0466. The van der Waals surface area contributed by atoms with Crippen LogP contribution in [0.15, 0.2) is 18.3 Å². The van der Waals surface area contributed by atoms with Crippen LogP contribution in [0.5, 0.6) is 0 Å².